The highest BCUT2D eigenvalue weighted by atomic mass is 16.5. The van der Waals surface area contributed by atoms with Crippen molar-refractivity contribution >= 4 is 22.6 Å². The van der Waals surface area contributed by atoms with Gasteiger partial charge in [0.2, 0.25) is 0 Å². The molecule has 3 rings (SSSR count). The second kappa shape index (κ2) is 7.58. The van der Waals surface area contributed by atoms with Crippen molar-refractivity contribution in [3.8, 4) is 0 Å². The zero-order chi connectivity index (χ0) is 18.7. The van der Waals surface area contributed by atoms with Crippen molar-refractivity contribution in [1.29, 1.82) is 0 Å². The Labute approximate surface area is 153 Å². The van der Waals surface area contributed by atoms with Gasteiger partial charge in [0, 0.05) is 31.7 Å². The van der Waals surface area contributed by atoms with Crippen LogP contribution in [0.2, 0.25) is 0 Å². The van der Waals surface area contributed by atoms with Crippen LogP contribution in [0.4, 0.5) is 5.69 Å². The van der Waals surface area contributed by atoms with Gasteiger partial charge in [0.15, 0.2) is 0 Å². The summed E-state index contributed by atoms with van der Waals surface area (Å²) in [5.41, 5.74) is 3.97. The van der Waals surface area contributed by atoms with Crippen molar-refractivity contribution in [2.45, 2.75) is 13.2 Å². The largest absolute Gasteiger partial charge is 0.465 e. The van der Waals surface area contributed by atoms with E-state index in [4.69, 9.17) is 4.74 Å². The molecule has 136 valence electrons. The maximum Gasteiger partial charge on any atom is 0.337 e. The Morgan fingerprint density at radius 3 is 2.50 bits per heavy atom. The van der Waals surface area contributed by atoms with Gasteiger partial charge in [-0.1, -0.05) is 12.1 Å². The number of aromatic nitrogens is 2. The van der Waals surface area contributed by atoms with Crippen LogP contribution in [0, 0.1) is 0 Å². The Morgan fingerprint density at radius 2 is 1.85 bits per heavy atom. The number of nitrogens with zero attached hydrogens (tertiary/aromatic N) is 4. The average Bonchev–Trinajstić information content (AvgIpc) is 3.03. The number of esters is 1. The van der Waals surface area contributed by atoms with Crippen LogP contribution in [0.1, 0.15) is 15.9 Å². The fourth-order valence-corrected chi connectivity index (χ4v) is 2.93. The first-order valence-corrected chi connectivity index (χ1v) is 8.46. The highest BCUT2D eigenvalue weighted by Crippen LogP contribution is 2.18. The van der Waals surface area contributed by atoms with Crippen LogP contribution >= 0.6 is 0 Å². The Kier molecular flexibility index (Phi) is 5.23. The first-order chi connectivity index (χ1) is 12.5. The molecule has 2 aromatic carbocycles. The summed E-state index contributed by atoms with van der Waals surface area (Å²) < 4.78 is 6.70. The van der Waals surface area contributed by atoms with E-state index in [-0.39, 0.29) is 5.97 Å². The maximum absolute atomic E-state index is 11.7. The Bertz CT molecular complexity index is 900. The van der Waals surface area contributed by atoms with Crippen molar-refractivity contribution in [2.75, 3.05) is 33.2 Å². The van der Waals surface area contributed by atoms with Gasteiger partial charge in [0.05, 0.1) is 31.1 Å². The lowest BCUT2D eigenvalue weighted by Crippen LogP contribution is -2.22. The Balaban J connectivity index is 1.70. The summed E-state index contributed by atoms with van der Waals surface area (Å²) in [4.78, 5) is 15.9. The van der Waals surface area contributed by atoms with E-state index < -0.39 is 0 Å². The fraction of sp³-hybridized carbons (Fsp3) is 0.300. The lowest BCUT2D eigenvalue weighted by atomic mass is 10.1. The summed E-state index contributed by atoms with van der Waals surface area (Å²) >= 11 is 0. The topological polar surface area (TPSA) is 50.6 Å². The number of ether oxygens (including phenoxy) is 1. The van der Waals surface area contributed by atoms with Crippen LogP contribution in [-0.4, -0.2) is 48.9 Å². The molecule has 6 heteroatoms. The summed E-state index contributed by atoms with van der Waals surface area (Å²) in [6, 6.07) is 14.0. The van der Waals surface area contributed by atoms with Crippen LogP contribution in [0.3, 0.4) is 0 Å². The van der Waals surface area contributed by atoms with E-state index in [0.717, 1.165) is 17.4 Å². The Hall–Kier alpha value is -2.86. The van der Waals surface area contributed by atoms with E-state index in [1.54, 1.807) is 12.3 Å². The first kappa shape index (κ1) is 17.9. The molecule has 3 aromatic rings. The standard InChI is InChI=1S/C20H24N4O2/c1-22(2)18-8-5-15(6-9-18)13-23(3)14-24-19-10-7-16(20(25)26-4)11-17(19)12-21-24/h5-12H,13-14H2,1-4H3. The Morgan fingerprint density at radius 1 is 1.12 bits per heavy atom. The molecule has 0 saturated heterocycles. The van der Waals surface area contributed by atoms with Gasteiger partial charge >= 0.3 is 5.97 Å². The molecular formula is C20H24N4O2. The molecule has 0 aliphatic carbocycles. The lowest BCUT2D eigenvalue weighted by Gasteiger charge is -2.18. The minimum atomic E-state index is -0.335. The van der Waals surface area contributed by atoms with Crippen molar-refractivity contribution in [3.63, 3.8) is 0 Å². The predicted molar refractivity (Wildman–Crippen MR) is 103 cm³/mol. The molecule has 26 heavy (non-hydrogen) atoms. The fourth-order valence-electron chi connectivity index (χ4n) is 2.93. The SMILES string of the molecule is COC(=O)c1ccc2c(cnn2CN(C)Cc2ccc(N(C)C)cc2)c1. The molecule has 6 nitrogen and oxygen atoms in total. The first-order valence-electron chi connectivity index (χ1n) is 8.46. The molecule has 0 aliphatic rings. The summed E-state index contributed by atoms with van der Waals surface area (Å²) in [6.45, 7) is 1.49. The summed E-state index contributed by atoms with van der Waals surface area (Å²) in [6.07, 6.45) is 1.78. The molecule has 0 bridgehead atoms. The molecule has 0 aliphatic heterocycles. The van der Waals surface area contributed by atoms with Gasteiger partial charge in [-0.15, -0.1) is 0 Å². The number of methoxy groups -OCH3 is 1. The van der Waals surface area contributed by atoms with Gasteiger partial charge in [0.1, 0.15) is 0 Å². The number of carbonyl (C=O) groups is 1. The third kappa shape index (κ3) is 3.86. The highest BCUT2D eigenvalue weighted by Gasteiger charge is 2.10. The second-order valence-corrected chi connectivity index (χ2v) is 6.63. The van der Waals surface area contributed by atoms with Crippen molar-refractivity contribution in [3.05, 3.63) is 59.8 Å². The number of hydrogen-bond acceptors (Lipinski definition) is 5. The number of benzene rings is 2. The second-order valence-electron chi connectivity index (χ2n) is 6.63. The molecule has 0 amide bonds. The third-order valence-corrected chi connectivity index (χ3v) is 4.34. The van der Waals surface area contributed by atoms with Crippen LogP contribution in [0.25, 0.3) is 10.9 Å². The van der Waals surface area contributed by atoms with E-state index in [2.05, 4.69) is 46.2 Å². The van der Waals surface area contributed by atoms with Gasteiger partial charge in [-0.25, -0.2) is 4.79 Å². The number of anilines is 1. The normalized spacial score (nSPS) is 11.1. The molecule has 0 radical (unpaired) electrons. The van der Waals surface area contributed by atoms with Gasteiger partial charge in [-0.3, -0.25) is 9.58 Å². The number of hydrogen-bond donors (Lipinski definition) is 0. The lowest BCUT2D eigenvalue weighted by molar-refractivity contribution is 0.0601. The third-order valence-electron chi connectivity index (χ3n) is 4.34. The number of fused-ring (bicyclic) bond motifs is 1. The van der Waals surface area contributed by atoms with Gasteiger partial charge in [-0.2, -0.15) is 5.10 Å². The van der Waals surface area contributed by atoms with Crippen LogP contribution in [0.15, 0.2) is 48.7 Å². The molecule has 0 unspecified atom stereocenters. The minimum absolute atomic E-state index is 0.335. The molecule has 0 atom stereocenters. The van der Waals surface area contributed by atoms with E-state index in [9.17, 15) is 4.79 Å². The maximum atomic E-state index is 11.7. The van der Waals surface area contributed by atoms with E-state index in [1.807, 2.05) is 30.9 Å². The van der Waals surface area contributed by atoms with Crippen molar-refractivity contribution in [2.24, 2.45) is 0 Å². The van der Waals surface area contributed by atoms with Gasteiger partial charge < -0.3 is 9.64 Å². The smallest absolute Gasteiger partial charge is 0.337 e. The molecule has 0 fully saturated rings. The van der Waals surface area contributed by atoms with Crippen LogP contribution in [-0.2, 0) is 18.0 Å². The zero-order valence-electron chi connectivity index (χ0n) is 15.6. The number of carbonyl (C=O) groups excluding carboxylic acids is 1. The molecular weight excluding hydrogens is 328 g/mol. The molecule has 0 saturated carbocycles. The summed E-state index contributed by atoms with van der Waals surface area (Å²) in [7, 11) is 7.53. The molecule has 1 heterocycles. The van der Waals surface area contributed by atoms with E-state index in [1.165, 1.54) is 18.4 Å². The monoisotopic (exact) mass is 352 g/mol. The van der Waals surface area contributed by atoms with E-state index >= 15 is 0 Å². The summed E-state index contributed by atoms with van der Waals surface area (Å²) in [5.74, 6) is -0.335. The molecule has 1 aromatic heterocycles. The zero-order valence-corrected chi connectivity index (χ0v) is 15.6. The van der Waals surface area contributed by atoms with Crippen molar-refractivity contribution in [1.82, 2.24) is 14.7 Å². The molecule has 0 N–H and O–H groups in total. The van der Waals surface area contributed by atoms with E-state index in [0.29, 0.717) is 12.2 Å². The molecule has 0 spiro atoms. The van der Waals surface area contributed by atoms with Crippen LogP contribution in [0.5, 0.6) is 0 Å². The quantitative estimate of drug-likeness (QED) is 0.639. The van der Waals surface area contributed by atoms with Crippen LogP contribution < -0.4 is 4.90 Å². The van der Waals surface area contributed by atoms with Gasteiger partial charge in [0.25, 0.3) is 0 Å². The average molecular weight is 352 g/mol. The summed E-state index contributed by atoms with van der Waals surface area (Å²) in [5, 5.41) is 5.38. The predicted octanol–water partition coefficient (Wildman–Crippen LogP) is 2.98. The minimum Gasteiger partial charge on any atom is -0.465 e. The van der Waals surface area contributed by atoms with Crippen molar-refractivity contribution < 1.29 is 9.53 Å². The van der Waals surface area contributed by atoms with Gasteiger partial charge in [-0.05, 0) is 42.9 Å². The number of rotatable bonds is 6. The highest BCUT2D eigenvalue weighted by molar-refractivity contribution is 5.94.